The van der Waals surface area contributed by atoms with Crippen molar-refractivity contribution in [1.82, 2.24) is 14.8 Å². The Morgan fingerprint density at radius 2 is 1.94 bits per heavy atom. The molecule has 7 heteroatoms. The zero-order valence-electron chi connectivity index (χ0n) is 8.86. The second-order valence-corrected chi connectivity index (χ2v) is 3.50. The summed E-state index contributed by atoms with van der Waals surface area (Å²) in [5.41, 5.74) is 5.89. The van der Waals surface area contributed by atoms with E-state index in [9.17, 15) is 13.2 Å². The molecule has 0 unspecified atom stereocenters. The van der Waals surface area contributed by atoms with Gasteiger partial charge in [0.25, 0.3) is 0 Å². The maximum atomic E-state index is 12.3. The minimum absolute atomic E-state index is 0.298. The van der Waals surface area contributed by atoms with Crippen molar-refractivity contribution in [2.45, 2.75) is 13.1 Å². The Morgan fingerprint density at radius 3 is 2.35 bits per heavy atom. The lowest BCUT2D eigenvalue weighted by atomic mass is 10.3. The molecule has 2 N–H and O–H groups in total. The van der Waals surface area contributed by atoms with Crippen LogP contribution in [-0.2, 0) is 6.18 Å². The van der Waals surface area contributed by atoms with Gasteiger partial charge in [-0.05, 0) is 19.1 Å². The molecule has 0 aromatic carbocycles. The van der Waals surface area contributed by atoms with Crippen LogP contribution >= 0.6 is 0 Å². The number of hydrogen-bond donors (Lipinski definition) is 1. The molecule has 90 valence electrons. The maximum Gasteiger partial charge on any atom is 0.417 e. The number of aromatic nitrogens is 3. The predicted octanol–water partition coefficient (Wildman–Crippen LogP) is 2.18. The molecule has 0 radical (unpaired) electrons. The average molecular weight is 242 g/mol. The van der Waals surface area contributed by atoms with Crippen LogP contribution in [0.1, 0.15) is 11.3 Å². The first-order valence-corrected chi connectivity index (χ1v) is 4.73. The maximum absolute atomic E-state index is 12.3. The van der Waals surface area contributed by atoms with Gasteiger partial charge in [-0.3, -0.25) is 0 Å². The number of nitrogens with two attached hydrogens (primary N) is 1. The number of hydrogen-bond acceptors (Lipinski definition) is 3. The highest BCUT2D eigenvalue weighted by Crippen LogP contribution is 2.28. The van der Waals surface area contributed by atoms with Gasteiger partial charge in [0.15, 0.2) is 5.82 Å². The van der Waals surface area contributed by atoms with Crippen LogP contribution in [0.3, 0.4) is 0 Å². The fraction of sp³-hybridized carbons (Fsp3) is 0.200. The van der Waals surface area contributed by atoms with Crippen molar-refractivity contribution < 1.29 is 13.2 Å². The van der Waals surface area contributed by atoms with Gasteiger partial charge in [-0.2, -0.15) is 18.3 Å². The minimum Gasteiger partial charge on any atom is -0.396 e. The summed E-state index contributed by atoms with van der Waals surface area (Å²) in [6.07, 6.45) is -2.19. The Hall–Kier alpha value is -2.05. The summed E-state index contributed by atoms with van der Waals surface area (Å²) in [7, 11) is 0. The first-order chi connectivity index (χ1) is 7.89. The molecule has 2 aromatic rings. The molecular weight excluding hydrogens is 233 g/mol. The average Bonchev–Trinajstić information content (AvgIpc) is 2.59. The first kappa shape index (κ1) is 11.4. The van der Waals surface area contributed by atoms with Crippen LogP contribution in [0.4, 0.5) is 18.9 Å². The molecule has 17 heavy (non-hydrogen) atoms. The Labute approximate surface area is 94.9 Å². The van der Waals surface area contributed by atoms with Crippen molar-refractivity contribution in [3.8, 4) is 5.82 Å². The van der Waals surface area contributed by atoms with E-state index in [-0.39, 0.29) is 0 Å². The Bertz CT molecular complexity index is 527. The normalized spacial score (nSPS) is 11.8. The Balaban J connectivity index is 2.40. The third-order valence-corrected chi connectivity index (χ3v) is 2.34. The van der Waals surface area contributed by atoms with Gasteiger partial charge >= 0.3 is 6.18 Å². The van der Waals surface area contributed by atoms with Crippen molar-refractivity contribution >= 4 is 5.69 Å². The fourth-order valence-electron chi connectivity index (χ4n) is 1.33. The highest BCUT2D eigenvalue weighted by Gasteiger charge is 2.30. The zero-order valence-corrected chi connectivity index (χ0v) is 8.86. The molecule has 2 rings (SSSR count). The number of halogens is 3. The van der Waals surface area contributed by atoms with Crippen molar-refractivity contribution in [3.05, 3.63) is 35.8 Å². The van der Waals surface area contributed by atoms with E-state index in [1.165, 1.54) is 16.9 Å². The van der Waals surface area contributed by atoms with Gasteiger partial charge in [-0.25, -0.2) is 9.67 Å². The third-order valence-electron chi connectivity index (χ3n) is 2.34. The lowest BCUT2D eigenvalue weighted by molar-refractivity contribution is -0.137. The van der Waals surface area contributed by atoms with Gasteiger partial charge in [-0.15, -0.1) is 0 Å². The Kier molecular flexibility index (Phi) is 2.53. The van der Waals surface area contributed by atoms with Crippen molar-refractivity contribution in [3.63, 3.8) is 0 Å². The molecule has 0 atom stereocenters. The molecular formula is C10H9F3N4. The summed E-state index contributed by atoms with van der Waals surface area (Å²) in [6.45, 7) is 1.71. The van der Waals surface area contributed by atoms with Gasteiger partial charge in [0, 0.05) is 6.20 Å². The fourth-order valence-corrected chi connectivity index (χ4v) is 1.33. The van der Waals surface area contributed by atoms with E-state index in [1.807, 2.05) is 0 Å². The van der Waals surface area contributed by atoms with Gasteiger partial charge in [0.2, 0.25) is 0 Å². The lowest BCUT2D eigenvalue weighted by Crippen LogP contribution is -2.08. The van der Waals surface area contributed by atoms with E-state index in [1.54, 1.807) is 6.92 Å². The Morgan fingerprint density at radius 1 is 1.24 bits per heavy atom. The van der Waals surface area contributed by atoms with Crippen molar-refractivity contribution in [1.29, 1.82) is 0 Å². The summed E-state index contributed by atoms with van der Waals surface area (Å²) in [6, 6.07) is 2.21. The molecule has 0 aliphatic rings. The van der Waals surface area contributed by atoms with Crippen LogP contribution in [-0.4, -0.2) is 14.8 Å². The highest BCUT2D eigenvalue weighted by atomic mass is 19.4. The third kappa shape index (κ3) is 2.08. The SMILES string of the molecule is Cc1c(N)cnn1-c1ccc(C(F)(F)F)cn1. The predicted molar refractivity (Wildman–Crippen MR) is 55.5 cm³/mol. The topological polar surface area (TPSA) is 56.7 Å². The largest absolute Gasteiger partial charge is 0.417 e. The van der Waals surface area contributed by atoms with Gasteiger partial charge in [0.05, 0.1) is 23.1 Å². The van der Waals surface area contributed by atoms with E-state index in [0.717, 1.165) is 12.3 Å². The lowest BCUT2D eigenvalue weighted by Gasteiger charge is -2.07. The molecule has 2 heterocycles. The molecule has 2 aromatic heterocycles. The number of nitrogen functional groups attached to an aromatic ring is 1. The quantitative estimate of drug-likeness (QED) is 0.833. The van der Waals surface area contributed by atoms with Crippen LogP contribution in [0.5, 0.6) is 0 Å². The highest BCUT2D eigenvalue weighted by molar-refractivity contribution is 5.43. The van der Waals surface area contributed by atoms with E-state index >= 15 is 0 Å². The molecule has 0 aliphatic carbocycles. The molecule has 0 aliphatic heterocycles. The van der Waals surface area contributed by atoms with E-state index in [0.29, 0.717) is 17.2 Å². The first-order valence-electron chi connectivity index (χ1n) is 4.73. The number of alkyl halides is 3. The van der Waals surface area contributed by atoms with Crippen LogP contribution in [0, 0.1) is 6.92 Å². The monoisotopic (exact) mass is 242 g/mol. The molecule has 0 bridgehead atoms. The molecule has 0 saturated heterocycles. The summed E-state index contributed by atoms with van der Waals surface area (Å²) in [4.78, 5) is 3.71. The van der Waals surface area contributed by atoms with E-state index in [2.05, 4.69) is 10.1 Å². The van der Waals surface area contributed by atoms with E-state index < -0.39 is 11.7 Å². The van der Waals surface area contributed by atoms with Crippen molar-refractivity contribution in [2.24, 2.45) is 0 Å². The summed E-state index contributed by atoms with van der Waals surface area (Å²) >= 11 is 0. The molecule has 0 spiro atoms. The molecule has 0 fully saturated rings. The van der Waals surface area contributed by atoms with Crippen LogP contribution in [0.15, 0.2) is 24.5 Å². The van der Waals surface area contributed by atoms with Gasteiger partial charge < -0.3 is 5.73 Å². The summed E-state index contributed by atoms with van der Waals surface area (Å²) in [5, 5.41) is 3.93. The number of anilines is 1. The standard InChI is InChI=1S/C10H9F3N4/c1-6-8(14)5-16-17(6)9-3-2-7(4-15-9)10(11,12)13/h2-5H,14H2,1H3. The second-order valence-electron chi connectivity index (χ2n) is 3.50. The smallest absolute Gasteiger partial charge is 0.396 e. The second kappa shape index (κ2) is 3.76. The van der Waals surface area contributed by atoms with Gasteiger partial charge in [-0.1, -0.05) is 0 Å². The number of pyridine rings is 1. The van der Waals surface area contributed by atoms with Crippen LogP contribution in [0.25, 0.3) is 5.82 Å². The molecule has 0 saturated carbocycles. The zero-order chi connectivity index (χ0) is 12.6. The molecule has 4 nitrogen and oxygen atoms in total. The number of nitrogens with zero attached hydrogens (tertiary/aromatic N) is 3. The summed E-state index contributed by atoms with van der Waals surface area (Å²) < 4.78 is 38.4. The van der Waals surface area contributed by atoms with E-state index in [4.69, 9.17) is 5.73 Å². The minimum atomic E-state index is -4.39. The van der Waals surface area contributed by atoms with Crippen LogP contribution < -0.4 is 5.73 Å². The van der Waals surface area contributed by atoms with Gasteiger partial charge in [0.1, 0.15) is 0 Å². The molecule has 0 amide bonds. The summed E-state index contributed by atoms with van der Waals surface area (Å²) in [5.74, 6) is 0.298. The van der Waals surface area contributed by atoms with Crippen molar-refractivity contribution in [2.75, 3.05) is 5.73 Å². The number of rotatable bonds is 1. The van der Waals surface area contributed by atoms with Crippen LogP contribution in [0.2, 0.25) is 0 Å².